The highest BCUT2D eigenvalue weighted by Crippen LogP contribution is 2.41. The van der Waals surface area contributed by atoms with Crippen LogP contribution in [-0.4, -0.2) is 52.2 Å². The molecular formula is C36H43ClO5SSi. The lowest BCUT2D eigenvalue weighted by Gasteiger charge is -2.43. The Labute approximate surface area is 268 Å². The van der Waals surface area contributed by atoms with Crippen molar-refractivity contribution >= 4 is 46.2 Å². The Bertz CT molecular complexity index is 1590. The van der Waals surface area contributed by atoms with Crippen molar-refractivity contribution in [2.24, 2.45) is 0 Å². The van der Waals surface area contributed by atoms with E-state index in [1.165, 1.54) is 15.9 Å². The van der Waals surface area contributed by atoms with E-state index in [9.17, 15) is 13.5 Å². The Balaban J connectivity index is 1.46. The Hall–Kier alpha value is -2.68. The molecule has 0 unspecified atom stereocenters. The van der Waals surface area contributed by atoms with Crippen LogP contribution in [0, 0.1) is 0 Å². The van der Waals surface area contributed by atoms with Gasteiger partial charge in [0.1, 0.15) is 11.0 Å². The third-order valence-electron chi connectivity index (χ3n) is 8.88. The number of hydrogen-bond acceptors (Lipinski definition) is 5. The average molecular weight is 651 g/mol. The summed E-state index contributed by atoms with van der Waals surface area (Å²) in [6.07, 6.45) is 5.13. The minimum Gasteiger partial charge on any atom is -0.508 e. The number of halogens is 1. The number of phenols is 1. The van der Waals surface area contributed by atoms with Gasteiger partial charge in [-0.25, -0.2) is 8.42 Å². The van der Waals surface area contributed by atoms with E-state index in [2.05, 4.69) is 82.3 Å². The van der Waals surface area contributed by atoms with Crippen molar-refractivity contribution in [1.82, 2.24) is 0 Å². The van der Waals surface area contributed by atoms with Crippen molar-refractivity contribution in [1.29, 1.82) is 0 Å². The number of rotatable bonds is 11. The minimum absolute atomic E-state index is 0.0197. The van der Waals surface area contributed by atoms with E-state index in [0.29, 0.717) is 11.4 Å². The fourth-order valence-corrected chi connectivity index (χ4v) is 13.6. The first-order valence-corrected chi connectivity index (χ1v) is 19.4. The minimum atomic E-state index is -3.36. The van der Waals surface area contributed by atoms with Crippen LogP contribution in [0.2, 0.25) is 10.1 Å². The third-order valence-corrected chi connectivity index (χ3v) is 16.2. The lowest BCUT2D eigenvalue weighted by molar-refractivity contribution is 0.117. The summed E-state index contributed by atoms with van der Waals surface area (Å²) >= 11 is 6.40. The van der Waals surface area contributed by atoms with Crippen molar-refractivity contribution in [2.45, 2.75) is 69.8 Å². The second-order valence-electron chi connectivity index (χ2n) is 12.9. The summed E-state index contributed by atoms with van der Waals surface area (Å²) in [6, 6.07) is 25.9. The summed E-state index contributed by atoms with van der Waals surface area (Å²) in [5, 5.41) is 11.8. The molecule has 2 atom stereocenters. The molecule has 234 valence electrons. The predicted octanol–water partition coefficient (Wildman–Crippen LogP) is 7.08. The molecule has 2 aliphatic rings. The number of aromatic hydroxyl groups is 1. The zero-order valence-corrected chi connectivity index (χ0v) is 28.6. The highest BCUT2D eigenvalue weighted by atomic mass is 35.5. The molecule has 0 aromatic heterocycles. The van der Waals surface area contributed by atoms with E-state index in [4.69, 9.17) is 20.8 Å². The number of hydrogen-bond donors (Lipinski definition) is 1. The lowest BCUT2D eigenvalue weighted by atomic mass is 9.95. The Morgan fingerprint density at radius 3 is 2.23 bits per heavy atom. The van der Waals surface area contributed by atoms with Gasteiger partial charge in [-0.1, -0.05) is 118 Å². The van der Waals surface area contributed by atoms with Crippen LogP contribution >= 0.6 is 11.6 Å². The smallest absolute Gasteiger partial charge is 0.261 e. The van der Waals surface area contributed by atoms with Crippen molar-refractivity contribution < 1.29 is 22.7 Å². The number of ether oxygens (including phenoxy) is 1. The van der Waals surface area contributed by atoms with Gasteiger partial charge in [0.25, 0.3) is 8.32 Å². The van der Waals surface area contributed by atoms with Crippen LogP contribution in [0.25, 0.3) is 6.08 Å². The normalized spacial score (nSPS) is 20.2. The van der Waals surface area contributed by atoms with Crippen molar-refractivity contribution in [3.8, 4) is 5.75 Å². The van der Waals surface area contributed by atoms with Crippen LogP contribution < -0.4 is 10.4 Å². The zero-order valence-electron chi connectivity index (χ0n) is 26.1. The number of phenolic OH excluding ortho intramolecular Hbond substituents is 1. The summed E-state index contributed by atoms with van der Waals surface area (Å²) in [7, 11) is -6.20. The first kappa shape index (κ1) is 32.7. The number of benzene rings is 3. The van der Waals surface area contributed by atoms with E-state index >= 15 is 0 Å². The van der Waals surface area contributed by atoms with Crippen LogP contribution in [0.15, 0.2) is 95.6 Å². The summed E-state index contributed by atoms with van der Waals surface area (Å²) in [5.74, 6) is 0.156. The Kier molecular flexibility index (Phi) is 9.92. The van der Waals surface area contributed by atoms with Crippen LogP contribution in [0.5, 0.6) is 5.75 Å². The monoisotopic (exact) mass is 650 g/mol. The molecule has 2 heterocycles. The van der Waals surface area contributed by atoms with Crippen LogP contribution in [0.3, 0.4) is 0 Å². The van der Waals surface area contributed by atoms with Gasteiger partial charge in [-0.2, -0.15) is 0 Å². The molecule has 5 rings (SSSR count). The Morgan fingerprint density at radius 1 is 1.02 bits per heavy atom. The molecule has 0 saturated carbocycles. The molecular weight excluding hydrogens is 608 g/mol. The van der Waals surface area contributed by atoms with E-state index in [0.717, 1.165) is 36.0 Å². The van der Waals surface area contributed by atoms with E-state index in [1.807, 2.05) is 18.2 Å². The van der Waals surface area contributed by atoms with Gasteiger partial charge in [-0.05, 0) is 69.6 Å². The molecule has 0 spiro atoms. The number of fused-ring (bicyclic) bond motifs is 1. The Morgan fingerprint density at radius 2 is 1.66 bits per heavy atom. The summed E-state index contributed by atoms with van der Waals surface area (Å²) in [4.78, 5) is 0. The van der Waals surface area contributed by atoms with Gasteiger partial charge >= 0.3 is 0 Å². The first-order valence-electron chi connectivity index (χ1n) is 15.4. The van der Waals surface area contributed by atoms with E-state index in [1.54, 1.807) is 12.1 Å². The average Bonchev–Trinajstić information content (AvgIpc) is 3.53. The SMILES string of the molecule is CCC/C(=C\c1ccc(O)cc1Cl)CC[C@H]1OC[C@H]2C1=C(CO[Si](c1ccccc1)(c1ccccc1)C(C)(C)C)CS2(=O)=O. The molecule has 44 heavy (non-hydrogen) atoms. The maximum atomic E-state index is 13.4. The molecule has 1 fully saturated rings. The lowest BCUT2D eigenvalue weighted by Crippen LogP contribution is -2.66. The van der Waals surface area contributed by atoms with Gasteiger partial charge < -0.3 is 14.3 Å². The standard InChI is InChI=1S/C36H43ClO5SSi/c1-5-12-26(21-27-18-19-29(38)22-32(27)37)17-20-33-35-28(25-43(39,40)34(35)24-41-33)23-42-44(36(2,3)4,30-13-8-6-9-14-30)31-15-10-7-11-16-31/h6-11,13-16,18-19,21-22,33-34,38H,5,12,17,20,23-25H2,1-4H3/b26-21+/t33-,34+/m1/s1. The topological polar surface area (TPSA) is 72.8 Å². The number of sulfone groups is 1. The molecule has 8 heteroatoms. The van der Waals surface area contributed by atoms with Crippen molar-refractivity contribution in [3.63, 3.8) is 0 Å². The van der Waals surface area contributed by atoms with Gasteiger partial charge in [0.2, 0.25) is 0 Å². The molecule has 5 nitrogen and oxygen atoms in total. The molecule has 0 bridgehead atoms. The van der Waals surface area contributed by atoms with Crippen LogP contribution in [0.1, 0.15) is 58.9 Å². The van der Waals surface area contributed by atoms with Crippen LogP contribution in [-0.2, 0) is 19.0 Å². The molecule has 1 N–H and O–H groups in total. The maximum absolute atomic E-state index is 13.4. The molecule has 0 aliphatic carbocycles. The summed E-state index contributed by atoms with van der Waals surface area (Å²) in [5.41, 5.74) is 3.84. The van der Waals surface area contributed by atoms with Gasteiger partial charge in [0, 0.05) is 0 Å². The quantitative estimate of drug-likeness (QED) is 0.177. The first-order chi connectivity index (χ1) is 21.0. The molecule has 1 saturated heterocycles. The summed E-state index contributed by atoms with van der Waals surface area (Å²) in [6.45, 7) is 9.29. The number of allylic oxidation sites excluding steroid dienone is 1. The third kappa shape index (κ3) is 6.63. The highest BCUT2D eigenvalue weighted by molar-refractivity contribution is 7.92. The molecule has 0 amide bonds. The van der Waals surface area contributed by atoms with Gasteiger partial charge in [0.15, 0.2) is 9.84 Å². The molecule has 2 aliphatic heterocycles. The largest absolute Gasteiger partial charge is 0.508 e. The highest BCUT2D eigenvalue weighted by Gasteiger charge is 2.52. The summed E-state index contributed by atoms with van der Waals surface area (Å²) < 4.78 is 40.2. The second kappa shape index (κ2) is 13.4. The van der Waals surface area contributed by atoms with Crippen LogP contribution in [0.4, 0.5) is 0 Å². The van der Waals surface area contributed by atoms with Crippen molar-refractivity contribution in [3.05, 3.63) is 106 Å². The molecule has 3 aromatic carbocycles. The van der Waals surface area contributed by atoms with Gasteiger partial charge in [-0.15, -0.1) is 0 Å². The maximum Gasteiger partial charge on any atom is 0.261 e. The predicted molar refractivity (Wildman–Crippen MR) is 183 cm³/mol. The van der Waals surface area contributed by atoms with E-state index in [-0.39, 0.29) is 35.9 Å². The van der Waals surface area contributed by atoms with E-state index < -0.39 is 23.4 Å². The zero-order chi connectivity index (χ0) is 31.5. The van der Waals surface area contributed by atoms with Gasteiger partial charge in [-0.3, -0.25) is 0 Å². The second-order valence-corrected chi connectivity index (χ2v) is 19.8. The fourth-order valence-electron chi connectivity index (χ4n) is 6.85. The van der Waals surface area contributed by atoms with Crippen molar-refractivity contribution in [2.75, 3.05) is 19.0 Å². The van der Waals surface area contributed by atoms with Gasteiger partial charge in [0.05, 0.1) is 30.1 Å². The fraction of sp³-hybridized carbons (Fsp3) is 0.389. The molecule has 3 aromatic rings. The molecule has 0 radical (unpaired) electrons.